The lowest BCUT2D eigenvalue weighted by atomic mass is 10.0. The Bertz CT molecular complexity index is 123. The molecule has 0 bridgehead atoms. The van der Waals surface area contributed by atoms with Gasteiger partial charge in [-0.2, -0.15) is 0 Å². The molecule has 0 aliphatic heterocycles. The van der Waals surface area contributed by atoms with Crippen LogP contribution in [0.15, 0.2) is 0 Å². The third-order valence-corrected chi connectivity index (χ3v) is 2.87. The second-order valence-corrected chi connectivity index (χ2v) is 4.24. The highest BCUT2D eigenvalue weighted by Crippen LogP contribution is 2.09. The SMILES string of the molecule is CCN(C)CC(C(C)C)N(C)CC. The molecule has 0 aliphatic carbocycles. The summed E-state index contributed by atoms with van der Waals surface area (Å²) in [5, 5.41) is 0. The normalized spacial score (nSPS) is 14.5. The first-order valence-electron chi connectivity index (χ1n) is 5.41. The Labute approximate surface area is 83.9 Å². The molecule has 0 aromatic rings. The lowest BCUT2D eigenvalue weighted by molar-refractivity contribution is 0.151. The zero-order chi connectivity index (χ0) is 10.4. The van der Waals surface area contributed by atoms with Crippen molar-refractivity contribution in [2.75, 3.05) is 33.7 Å². The molecule has 0 aromatic carbocycles. The molecule has 1 unspecified atom stereocenters. The molecular formula is C11H26N2. The second kappa shape index (κ2) is 6.39. The number of rotatable bonds is 6. The minimum absolute atomic E-state index is 0.690. The Morgan fingerprint density at radius 1 is 1.00 bits per heavy atom. The third kappa shape index (κ3) is 4.63. The highest BCUT2D eigenvalue weighted by atomic mass is 15.2. The fraction of sp³-hybridized carbons (Fsp3) is 1.00. The first-order chi connectivity index (χ1) is 6.02. The van der Waals surface area contributed by atoms with Crippen LogP contribution in [0.2, 0.25) is 0 Å². The van der Waals surface area contributed by atoms with Gasteiger partial charge in [-0.25, -0.2) is 0 Å². The largest absolute Gasteiger partial charge is 0.305 e. The van der Waals surface area contributed by atoms with Crippen molar-refractivity contribution in [2.24, 2.45) is 5.92 Å². The van der Waals surface area contributed by atoms with Crippen LogP contribution in [-0.4, -0.2) is 49.6 Å². The van der Waals surface area contributed by atoms with E-state index in [0.29, 0.717) is 6.04 Å². The average molecular weight is 186 g/mol. The average Bonchev–Trinajstić information content (AvgIpc) is 2.11. The van der Waals surface area contributed by atoms with Crippen LogP contribution in [-0.2, 0) is 0 Å². The maximum absolute atomic E-state index is 2.44. The molecule has 0 N–H and O–H groups in total. The summed E-state index contributed by atoms with van der Waals surface area (Å²) in [5.74, 6) is 0.735. The van der Waals surface area contributed by atoms with Crippen molar-refractivity contribution in [2.45, 2.75) is 33.7 Å². The van der Waals surface area contributed by atoms with E-state index in [9.17, 15) is 0 Å². The van der Waals surface area contributed by atoms with E-state index in [0.717, 1.165) is 19.0 Å². The van der Waals surface area contributed by atoms with E-state index in [2.05, 4.69) is 51.6 Å². The van der Waals surface area contributed by atoms with Gasteiger partial charge in [0.1, 0.15) is 0 Å². The van der Waals surface area contributed by atoms with Gasteiger partial charge in [-0.3, -0.25) is 0 Å². The number of nitrogens with zero attached hydrogens (tertiary/aromatic N) is 2. The monoisotopic (exact) mass is 186 g/mol. The smallest absolute Gasteiger partial charge is 0.0242 e. The van der Waals surface area contributed by atoms with Crippen LogP contribution in [0.5, 0.6) is 0 Å². The Morgan fingerprint density at radius 3 is 1.85 bits per heavy atom. The molecule has 0 rings (SSSR count). The van der Waals surface area contributed by atoms with Crippen molar-refractivity contribution in [3.8, 4) is 0 Å². The highest BCUT2D eigenvalue weighted by Gasteiger charge is 2.18. The van der Waals surface area contributed by atoms with Crippen LogP contribution in [0.3, 0.4) is 0 Å². The van der Waals surface area contributed by atoms with Crippen LogP contribution < -0.4 is 0 Å². The Morgan fingerprint density at radius 2 is 1.54 bits per heavy atom. The first-order valence-corrected chi connectivity index (χ1v) is 5.41. The summed E-state index contributed by atoms with van der Waals surface area (Å²) in [6, 6.07) is 0.690. The van der Waals surface area contributed by atoms with Crippen LogP contribution in [0.1, 0.15) is 27.7 Å². The van der Waals surface area contributed by atoms with Crippen LogP contribution >= 0.6 is 0 Å². The lowest BCUT2D eigenvalue weighted by Gasteiger charge is -2.33. The van der Waals surface area contributed by atoms with Gasteiger partial charge in [-0.1, -0.05) is 27.7 Å². The molecule has 2 heteroatoms. The van der Waals surface area contributed by atoms with Crippen molar-refractivity contribution in [3.05, 3.63) is 0 Å². The predicted molar refractivity (Wildman–Crippen MR) is 60.1 cm³/mol. The van der Waals surface area contributed by atoms with E-state index in [1.165, 1.54) is 6.54 Å². The molecule has 0 amide bonds. The van der Waals surface area contributed by atoms with Crippen molar-refractivity contribution >= 4 is 0 Å². The Kier molecular flexibility index (Phi) is 6.35. The molecule has 0 aliphatic rings. The van der Waals surface area contributed by atoms with Gasteiger partial charge in [0.2, 0.25) is 0 Å². The van der Waals surface area contributed by atoms with E-state index >= 15 is 0 Å². The minimum Gasteiger partial charge on any atom is -0.305 e. The number of hydrogen-bond donors (Lipinski definition) is 0. The molecule has 0 fully saturated rings. The summed E-state index contributed by atoms with van der Waals surface area (Å²) < 4.78 is 0. The van der Waals surface area contributed by atoms with Gasteiger partial charge in [0, 0.05) is 12.6 Å². The zero-order valence-corrected chi connectivity index (χ0v) is 10.2. The summed E-state index contributed by atoms with van der Waals surface area (Å²) in [7, 11) is 4.41. The van der Waals surface area contributed by atoms with E-state index in [4.69, 9.17) is 0 Å². The molecule has 80 valence electrons. The maximum atomic E-state index is 2.44. The third-order valence-electron chi connectivity index (χ3n) is 2.87. The van der Waals surface area contributed by atoms with Gasteiger partial charge in [-0.15, -0.1) is 0 Å². The summed E-state index contributed by atoms with van der Waals surface area (Å²) in [6.07, 6.45) is 0. The lowest BCUT2D eigenvalue weighted by Crippen LogP contribution is -2.44. The topological polar surface area (TPSA) is 6.48 Å². The quantitative estimate of drug-likeness (QED) is 0.625. The molecular weight excluding hydrogens is 160 g/mol. The van der Waals surface area contributed by atoms with Gasteiger partial charge in [0.25, 0.3) is 0 Å². The Hall–Kier alpha value is -0.0800. The molecule has 0 saturated carbocycles. The fourth-order valence-corrected chi connectivity index (χ4v) is 1.54. The molecule has 2 nitrogen and oxygen atoms in total. The van der Waals surface area contributed by atoms with Gasteiger partial charge >= 0.3 is 0 Å². The van der Waals surface area contributed by atoms with Crippen LogP contribution in [0.25, 0.3) is 0 Å². The van der Waals surface area contributed by atoms with Gasteiger partial charge in [-0.05, 0) is 33.1 Å². The molecule has 0 saturated heterocycles. The minimum atomic E-state index is 0.690. The van der Waals surface area contributed by atoms with Gasteiger partial charge in [0.05, 0.1) is 0 Å². The second-order valence-electron chi connectivity index (χ2n) is 4.24. The van der Waals surface area contributed by atoms with Crippen LogP contribution in [0.4, 0.5) is 0 Å². The van der Waals surface area contributed by atoms with Crippen molar-refractivity contribution in [1.29, 1.82) is 0 Å². The Balaban J connectivity index is 4.09. The fourth-order valence-electron chi connectivity index (χ4n) is 1.54. The number of hydrogen-bond acceptors (Lipinski definition) is 2. The molecule has 0 spiro atoms. The summed E-state index contributed by atoms with van der Waals surface area (Å²) in [4.78, 5) is 4.83. The van der Waals surface area contributed by atoms with E-state index < -0.39 is 0 Å². The van der Waals surface area contributed by atoms with E-state index in [-0.39, 0.29) is 0 Å². The predicted octanol–water partition coefficient (Wildman–Crippen LogP) is 1.91. The molecule has 0 heterocycles. The number of likely N-dealkylation sites (N-methyl/N-ethyl adjacent to an activating group) is 2. The van der Waals surface area contributed by atoms with Crippen LogP contribution in [0, 0.1) is 5.92 Å². The van der Waals surface area contributed by atoms with E-state index in [1.54, 1.807) is 0 Å². The van der Waals surface area contributed by atoms with E-state index in [1.807, 2.05) is 0 Å². The summed E-state index contributed by atoms with van der Waals surface area (Å²) >= 11 is 0. The van der Waals surface area contributed by atoms with Crippen molar-refractivity contribution < 1.29 is 0 Å². The van der Waals surface area contributed by atoms with Gasteiger partial charge < -0.3 is 9.80 Å². The summed E-state index contributed by atoms with van der Waals surface area (Å²) in [5.41, 5.74) is 0. The first kappa shape index (κ1) is 12.9. The molecule has 0 radical (unpaired) electrons. The maximum Gasteiger partial charge on any atom is 0.0242 e. The van der Waals surface area contributed by atoms with Gasteiger partial charge in [0.15, 0.2) is 0 Å². The molecule has 0 aromatic heterocycles. The summed E-state index contributed by atoms with van der Waals surface area (Å²) in [6.45, 7) is 12.5. The van der Waals surface area contributed by atoms with Crippen molar-refractivity contribution in [1.82, 2.24) is 9.80 Å². The zero-order valence-electron chi connectivity index (χ0n) is 10.2. The molecule has 1 atom stereocenters. The highest BCUT2D eigenvalue weighted by molar-refractivity contribution is 4.74. The standard InChI is InChI=1S/C11H26N2/c1-7-12(5)9-11(10(3)4)13(6)8-2/h10-11H,7-9H2,1-6H3. The van der Waals surface area contributed by atoms with Crippen molar-refractivity contribution in [3.63, 3.8) is 0 Å². The molecule has 13 heavy (non-hydrogen) atoms.